The maximum absolute atomic E-state index is 6.06. The second-order valence-corrected chi connectivity index (χ2v) is 7.80. The van der Waals surface area contributed by atoms with Gasteiger partial charge in [0.25, 0.3) is 0 Å². The number of benzene rings is 2. The molecule has 0 aliphatic carbocycles. The van der Waals surface area contributed by atoms with E-state index in [0.717, 1.165) is 67.2 Å². The van der Waals surface area contributed by atoms with Crippen molar-refractivity contribution in [1.29, 1.82) is 0 Å². The molecule has 0 radical (unpaired) electrons. The number of methoxy groups -OCH3 is 1. The van der Waals surface area contributed by atoms with Crippen molar-refractivity contribution >= 4 is 45.7 Å². The molecule has 1 aliphatic heterocycles. The van der Waals surface area contributed by atoms with Gasteiger partial charge in [-0.15, -0.1) is 12.4 Å². The van der Waals surface area contributed by atoms with Crippen molar-refractivity contribution in [2.24, 2.45) is 0 Å². The van der Waals surface area contributed by atoms with Gasteiger partial charge in [0.15, 0.2) is 11.5 Å². The van der Waals surface area contributed by atoms with E-state index in [4.69, 9.17) is 14.2 Å². The molecule has 0 bridgehead atoms. The number of H-pyrrole nitrogens is 1. The topological polar surface area (TPSA) is 84.5 Å². The lowest BCUT2D eigenvalue weighted by Crippen LogP contribution is -2.37. The maximum atomic E-state index is 6.06. The van der Waals surface area contributed by atoms with Crippen molar-refractivity contribution in [1.82, 2.24) is 19.9 Å². The molecule has 1 aliphatic rings. The van der Waals surface area contributed by atoms with Crippen LogP contribution in [0.5, 0.6) is 11.5 Å². The number of fused-ring (bicyclic) bond motifs is 2. The van der Waals surface area contributed by atoms with Gasteiger partial charge in [-0.1, -0.05) is 6.07 Å². The minimum Gasteiger partial charge on any atom is -0.493 e. The van der Waals surface area contributed by atoms with Gasteiger partial charge >= 0.3 is 0 Å². The van der Waals surface area contributed by atoms with E-state index >= 15 is 0 Å². The van der Waals surface area contributed by atoms with Crippen LogP contribution in [0, 0.1) is 0 Å². The van der Waals surface area contributed by atoms with Crippen LogP contribution in [0.2, 0.25) is 0 Å². The zero-order valence-electron chi connectivity index (χ0n) is 18.5. The van der Waals surface area contributed by atoms with Gasteiger partial charge in [-0.3, -0.25) is 4.90 Å². The largest absolute Gasteiger partial charge is 0.493 e. The number of ether oxygens (including phenoxy) is 3. The van der Waals surface area contributed by atoms with E-state index in [1.807, 2.05) is 30.5 Å². The van der Waals surface area contributed by atoms with Gasteiger partial charge in [-0.2, -0.15) is 0 Å². The SMILES string of the molecule is COc1cc2c(Nc3ccc4cc[nH]c4c3)ncnc2cc1OCCCN1CCOCC1.Cl. The maximum Gasteiger partial charge on any atom is 0.163 e. The third-order valence-corrected chi connectivity index (χ3v) is 5.72. The molecule has 1 fully saturated rings. The summed E-state index contributed by atoms with van der Waals surface area (Å²) in [7, 11) is 1.65. The number of rotatable bonds is 8. The summed E-state index contributed by atoms with van der Waals surface area (Å²) in [5.41, 5.74) is 2.81. The zero-order valence-corrected chi connectivity index (χ0v) is 19.4. The van der Waals surface area contributed by atoms with Crippen molar-refractivity contribution in [3.63, 3.8) is 0 Å². The number of hydrogen-bond acceptors (Lipinski definition) is 7. The fourth-order valence-electron chi connectivity index (χ4n) is 3.99. The Labute approximate surface area is 198 Å². The highest BCUT2D eigenvalue weighted by Crippen LogP contribution is 2.35. The highest BCUT2D eigenvalue weighted by atomic mass is 35.5. The first kappa shape index (κ1) is 23.1. The van der Waals surface area contributed by atoms with Crippen LogP contribution in [0.25, 0.3) is 21.8 Å². The molecule has 5 rings (SSSR count). The first-order valence-electron chi connectivity index (χ1n) is 10.9. The number of halogens is 1. The number of nitrogens with one attached hydrogen (secondary N) is 2. The average molecular weight is 470 g/mol. The molecule has 0 spiro atoms. The molecule has 0 atom stereocenters. The van der Waals surface area contributed by atoms with Gasteiger partial charge in [0.2, 0.25) is 0 Å². The Morgan fingerprint density at radius 3 is 2.82 bits per heavy atom. The summed E-state index contributed by atoms with van der Waals surface area (Å²) in [6.07, 6.45) is 4.44. The highest BCUT2D eigenvalue weighted by Gasteiger charge is 2.13. The minimum absolute atomic E-state index is 0. The van der Waals surface area contributed by atoms with Gasteiger partial charge in [0, 0.05) is 48.5 Å². The van der Waals surface area contributed by atoms with E-state index in [9.17, 15) is 0 Å². The molecule has 4 aromatic rings. The summed E-state index contributed by atoms with van der Waals surface area (Å²) in [6, 6.07) is 12.1. The van der Waals surface area contributed by atoms with Gasteiger partial charge in [-0.25, -0.2) is 9.97 Å². The van der Waals surface area contributed by atoms with E-state index in [1.165, 1.54) is 5.39 Å². The summed E-state index contributed by atoms with van der Waals surface area (Å²) in [5.74, 6) is 2.08. The van der Waals surface area contributed by atoms with E-state index in [0.29, 0.717) is 18.1 Å². The van der Waals surface area contributed by atoms with Crippen LogP contribution in [0.1, 0.15) is 6.42 Å². The van der Waals surface area contributed by atoms with Crippen molar-refractivity contribution in [2.75, 3.05) is 51.9 Å². The van der Waals surface area contributed by atoms with Gasteiger partial charge < -0.3 is 24.5 Å². The molecule has 9 heteroatoms. The normalized spacial score (nSPS) is 14.2. The van der Waals surface area contributed by atoms with Crippen LogP contribution in [0.4, 0.5) is 11.5 Å². The van der Waals surface area contributed by atoms with E-state index < -0.39 is 0 Å². The smallest absolute Gasteiger partial charge is 0.163 e. The first-order valence-corrected chi connectivity index (χ1v) is 10.9. The fourth-order valence-corrected chi connectivity index (χ4v) is 3.99. The molecule has 33 heavy (non-hydrogen) atoms. The molecule has 0 unspecified atom stereocenters. The molecule has 2 aromatic heterocycles. The van der Waals surface area contributed by atoms with Gasteiger partial charge in [0.05, 0.1) is 32.4 Å². The first-order chi connectivity index (χ1) is 15.8. The Balaban J connectivity index is 0.00000259. The lowest BCUT2D eigenvalue weighted by molar-refractivity contribution is 0.0357. The van der Waals surface area contributed by atoms with Crippen LogP contribution in [0.3, 0.4) is 0 Å². The molecule has 0 saturated carbocycles. The second-order valence-electron chi connectivity index (χ2n) is 7.80. The number of morpholine rings is 1. The van der Waals surface area contributed by atoms with Gasteiger partial charge in [0.1, 0.15) is 12.1 Å². The predicted molar refractivity (Wildman–Crippen MR) is 132 cm³/mol. The number of aromatic amines is 1. The summed E-state index contributed by atoms with van der Waals surface area (Å²) >= 11 is 0. The predicted octanol–water partition coefficient (Wildman–Crippen LogP) is 4.39. The van der Waals surface area contributed by atoms with E-state index in [2.05, 4.69) is 37.3 Å². The van der Waals surface area contributed by atoms with Crippen LogP contribution in [-0.2, 0) is 4.74 Å². The lowest BCUT2D eigenvalue weighted by Gasteiger charge is -2.26. The Morgan fingerprint density at radius 1 is 1.09 bits per heavy atom. The molecule has 8 nitrogen and oxygen atoms in total. The number of aromatic nitrogens is 3. The molecule has 2 N–H and O–H groups in total. The molecule has 2 aromatic carbocycles. The molecule has 3 heterocycles. The van der Waals surface area contributed by atoms with E-state index in [1.54, 1.807) is 13.4 Å². The molecule has 0 amide bonds. The van der Waals surface area contributed by atoms with Gasteiger partial charge in [-0.05, 0) is 36.1 Å². The van der Waals surface area contributed by atoms with Crippen molar-refractivity contribution < 1.29 is 14.2 Å². The quantitative estimate of drug-likeness (QED) is 0.370. The summed E-state index contributed by atoms with van der Waals surface area (Å²) in [4.78, 5) is 14.5. The Bertz CT molecular complexity index is 1210. The average Bonchev–Trinajstić information content (AvgIpc) is 3.30. The highest BCUT2D eigenvalue weighted by molar-refractivity contribution is 5.94. The van der Waals surface area contributed by atoms with Crippen LogP contribution in [0.15, 0.2) is 48.9 Å². The fraction of sp³-hybridized carbons (Fsp3) is 0.333. The Morgan fingerprint density at radius 2 is 1.97 bits per heavy atom. The van der Waals surface area contributed by atoms with Crippen molar-refractivity contribution in [3.8, 4) is 11.5 Å². The summed E-state index contributed by atoms with van der Waals surface area (Å²) in [6.45, 7) is 5.22. The number of anilines is 2. The summed E-state index contributed by atoms with van der Waals surface area (Å²) in [5, 5.41) is 5.44. The lowest BCUT2D eigenvalue weighted by atomic mass is 10.2. The van der Waals surface area contributed by atoms with E-state index in [-0.39, 0.29) is 12.4 Å². The standard InChI is InChI=1S/C24H27N5O3.ClH/c1-30-22-14-19-21(15-23(22)32-10-2-7-29-8-11-31-12-9-29)26-16-27-24(19)28-18-4-3-17-5-6-25-20(17)13-18;/h3-6,13-16,25H,2,7-12H2,1H3,(H,26,27,28);1H. The third-order valence-electron chi connectivity index (χ3n) is 5.72. The van der Waals surface area contributed by atoms with Crippen LogP contribution >= 0.6 is 12.4 Å². The van der Waals surface area contributed by atoms with Crippen LogP contribution in [-0.4, -0.2) is 66.4 Å². The Kier molecular flexibility index (Phi) is 7.49. The molecule has 1 saturated heterocycles. The molecular formula is C24H28ClN5O3. The number of hydrogen-bond donors (Lipinski definition) is 2. The third kappa shape index (κ3) is 5.30. The van der Waals surface area contributed by atoms with Crippen molar-refractivity contribution in [3.05, 3.63) is 48.9 Å². The second kappa shape index (κ2) is 10.7. The minimum atomic E-state index is 0. The Hall–Kier alpha value is -3.07. The molecular weight excluding hydrogens is 442 g/mol. The summed E-state index contributed by atoms with van der Waals surface area (Å²) < 4.78 is 17.1. The monoisotopic (exact) mass is 469 g/mol. The zero-order chi connectivity index (χ0) is 21.8. The van der Waals surface area contributed by atoms with Crippen LogP contribution < -0.4 is 14.8 Å². The van der Waals surface area contributed by atoms with Crippen molar-refractivity contribution in [2.45, 2.75) is 6.42 Å². The molecule has 174 valence electrons. The number of nitrogens with zero attached hydrogens (tertiary/aromatic N) is 3.